The summed E-state index contributed by atoms with van der Waals surface area (Å²) in [6.45, 7) is 0.208. The highest BCUT2D eigenvalue weighted by Crippen LogP contribution is 2.21. The van der Waals surface area contributed by atoms with Gasteiger partial charge in [-0.2, -0.15) is 0 Å². The van der Waals surface area contributed by atoms with Crippen LogP contribution in [-0.4, -0.2) is 19.7 Å². The zero-order valence-corrected chi connectivity index (χ0v) is 10.4. The fraction of sp³-hybridized carbons (Fsp3) is 0.250. The molecule has 0 bridgehead atoms. The largest absolute Gasteiger partial charge is 0.481 e. The second kappa shape index (κ2) is 6.19. The van der Waals surface area contributed by atoms with E-state index in [9.17, 15) is 4.79 Å². The van der Waals surface area contributed by atoms with Crippen LogP contribution in [0.5, 0.6) is 5.75 Å². The highest BCUT2D eigenvalue weighted by atomic mass is 79.9. The van der Waals surface area contributed by atoms with Crippen molar-refractivity contribution in [1.82, 2.24) is 0 Å². The summed E-state index contributed by atoms with van der Waals surface area (Å²) in [4.78, 5) is 11.4. The SMILES string of the molecule is C#CCOc1ccc(C(=O)OC)c(CBr)c1. The number of halogens is 1. The first kappa shape index (κ1) is 12.6. The molecule has 0 unspecified atom stereocenters. The summed E-state index contributed by atoms with van der Waals surface area (Å²) in [6.07, 6.45) is 5.09. The Labute approximate surface area is 103 Å². The molecular formula is C12H11BrO3. The Bertz CT molecular complexity index is 421. The van der Waals surface area contributed by atoms with Crippen LogP contribution >= 0.6 is 15.9 Å². The van der Waals surface area contributed by atoms with Crippen molar-refractivity contribution in [3.05, 3.63) is 29.3 Å². The molecule has 0 radical (unpaired) electrons. The van der Waals surface area contributed by atoms with Crippen molar-refractivity contribution in [3.8, 4) is 18.1 Å². The van der Waals surface area contributed by atoms with Gasteiger partial charge in [-0.15, -0.1) is 6.42 Å². The Morgan fingerprint density at radius 1 is 1.56 bits per heavy atom. The maximum atomic E-state index is 11.4. The van der Waals surface area contributed by atoms with Crippen molar-refractivity contribution in [2.24, 2.45) is 0 Å². The molecule has 0 aliphatic heterocycles. The van der Waals surface area contributed by atoms with Gasteiger partial charge in [-0.1, -0.05) is 21.9 Å². The van der Waals surface area contributed by atoms with Crippen LogP contribution in [0.1, 0.15) is 15.9 Å². The first-order valence-electron chi connectivity index (χ1n) is 4.56. The number of hydrogen-bond donors (Lipinski definition) is 0. The maximum absolute atomic E-state index is 11.4. The van der Waals surface area contributed by atoms with Gasteiger partial charge in [0, 0.05) is 5.33 Å². The number of terminal acetylenes is 1. The molecule has 4 heteroatoms. The van der Waals surface area contributed by atoms with Crippen LogP contribution in [0.25, 0.3) is 0 Å². The van der Waals surface area contributed by atoms with E-state index in [0.29, 0.717) is 16.6 Å². The van der Waals surface area contributed by atoms with E-state index in [4.69, 9.17) is 11.2 Å². The highest BCUT2D eigenvalue weighted by Gasteiger charge is 2.11. The summed E-state index contributed by atoms with van der Waals surface area (Å²) in [5.74, 6) is 2.65. The summed E-state index contributed by atoms with van der Waals surface area (Å²) in [5, 5.41) is 0.546. The van der Waals surface area contributed by atoms with Crippen molar-refractivity contribution >= 4 is 21.9 Å². The van der Waals surface area contributed by atoms with Crippen LogP contribution in [0.15, 0.2) is 18.2 Å². The molecular weight excluding hydrogens is 272 g/mol. The summed E-state index contributed by atoms with van der Waals surface area (Å²) < 4.78 is 9.92. The zero-order chi connectivity index (χ0) is 12.0. The van der Waals surface area contributed by atoms with E-state index in [1.807, 2.05) is 0 Å². The number of carbonyl (C=O) groups is 1. The number of alkyl halides is 1. The predicted molar refractivity (Wildman–Crippen MR) is 64.7 cm³/mol. The number of hydrogen-bond acceptors (Lipinski definition) is 3. The lowest BCUT2D eigenvalue weighted by Crippen LogP contribution is -2.05. The van der Waals surface area contributed by atoms with Crippen molar-refractivity contribution in [3.63, 3.8) is 0 Å². The monoisotopic (exact) mass is 282 g/mol. The van der Waals surface area contributed by atoms with E-state index in [0.717, 1.165) is 5.56 Å². The molecule has 0 fully saturated rings. The van der Waals surface area contributed by atoms with Gasteiger partial charge >= 0.3 is 5.97 Å². The van der Waals surface area contributed by atoms with Gasteiger partial charge in [0.05, 0.1) is 12.7 Å². The quantitative estimate of drug-likeness (QED) is 0.483. The lowest BCUT2D eigenvalue weighted by molar-refractivity contribution is 0.0600. The Morgan fingerprint density at radius 2 is 2.31 bits per heavy atom. The number of esters is 1. The first-order chi connectivity index (χ1) is 7.72. The van der Waals surface area contributed by atoms with E-state index >= 15 is 0 Å². The van der Waals surface area contributed by atoms with E-state index in [-0.39, 0.29) is 12.6 Å². The molecule has 16 heavy (non-hydrogen) atoms. The molecule has 0 spiro atoms. The lowest BCUT2D eigenvalue weighted by atomic mass is 10.1. The second-order valence-electron chi connectivity index (χ2n) is 2.94. The molecule has 0 aliphatic carbocycles. The molecule has 0 saturated heterocycles. The Kier molecular flexibility index (Phi) is 4.87. The van der Waals surface area contributed by atoms with Crippen molar-refractivity contribution in [2.45, 2.75) is 5.33 Å². The Balaban J connectivity index is 2.98. The third-order valence-corrected chi connectivity index (χ3v) is 2.55. The van der Waals surface area contributed by atoms with Gasteiger partial charge in [0.1, 0.15) is 12.4 Å². The van der Waals surface area contributed by atoms with Gasteiger partial charge in [0.25, 0.3) is 0 Å². The molecule has 1 rings (SSSR count). The standard InChI is InChI=1S/C12H11BrO3/c1-3-6-16-10-4-5-11(12(14)15-2)9(7-10)8-13/h1,4-5,7H,6,8H2,2H3. The molecule has 0 saturated carbocycles. The van der Waals surface area contributed by atoms with Gasteiger partial charge in [-0.3, -0.25) is 0 Å². The topological polar surface area (TPSA) is 35.5 Å². The van der Waals surface area contributed by atoms with E-state index in [1.165, 1.54) is 7.11 Å². The molecule has 0 amide bonds. The molecule has 1 aromatic carbocycles. The molecule has 84 valence electrons. The Hall–Kier alpha value is -1.47. The Morgan fingerprint density at radius 3 is 2.88 bits per heavy atom. The van der Waals surface area contributed by atoms with Gasteiger partial charge in [0.2, 0.25) is 0 Å². The van der Waals surface area contributed by atoms with Gasteiger partial charge in [0.15, 0.2) is 0 Å². The second-order valence-corrected chi connectivity index (χ2v) is 3.50. The minimum Gasteiger partial charge on any atom is -0.481 e. The number of methoxy groups -OCH3 is 1. The van der Waals surface area contributed by atoms with Crippen molar-refractivity contribution < 1.29 is 14.3 Å². The molecule has 1 aromatic rings. The first-order valence-corrected chi connectivity index (χ1v) is 5.68. The minimum absolute atomic E-state index is 0.208. The smallest absolute Gasteiger partial charge is 0.338 e. The molecule has 0 N–H and O–H groups in total. The predicted octanol–water partition coefficient (Wildman–Crippen LogP) is 2.38. The highest BCUT2D eigenvalue weighted by molar-refractivity contribution is 9.08. The van der Waals surface area contributed by atoms with Gasteiger partial charge in [-0.05, 0) is 23.8 Å². The summed E-state index contributed by atoms with van der Waals surface area (Å²) >= 11 is 3.30. The van der Waals surface area contributed by atoms with Crippen molar-refractivity contribution in [1.29, 1.82) is 0 Å². The summed E-state index contributed by atoms with van der Waals surface area (Å²) in [5.41, 5.74) is 1.33. The fourth-order valence-electron chi connectivity index (χ4n) is 1.20. The van der Waals surface area contributed by atoms with E-state index < -0.39 is 0 Å². The van der Waals surface area contributed by atoms with Crippen LogP contribution in [0, 0.1) is 12.3 Å². The molecule has 0 atom stereocenters. The third kappa shape index (κ3) is 3.01. The fourth-order valence-corrected chi connectivity index (χ4v) is 1.67. The molecule has 0 heterocycles. The van der Waals surface area contributed by atoms with Crippen LogP contribution in [0.2, 0.25) is 0 Å². The number of rotatable bonds is 4. The van der Waals surface area contributed by atoms with Gasteiger partial charge in [-0.25, -0.2) is 4.79 Å². The minimum atomic E-state index is -0.363. The summed E-state index contributed by atoms with van der Waals surface area (Å²) in [6, 6.07) is 5.11. The van der Waals surface area contributed by atoms with Crippen molar-refractivity contribution in [2.75, 3.05) is 13.7 Å². The normalized spacial score (nSPS) is 9.31. The van der Waals surface area contributed by atoms with Crippen LogP contribution in [0.3, 0.4) is 0 Å². The lowest BCUT2D eigenvalue weighted by Gasteiger charge is -2.08. The maximum Gasteiger partial charge on any atom is 0.338 e. The molecule has 0 aliphatic rings. The number of benzene rings is 1. The zero-order valence-electron chi connectivity index (χ0n) is 8.83. The molecule has 0 aromatic heterocycles. The van der Waals surface area contributed by atoms with Gasteiger partial charge < -0.3 is 9.47 Å². The van der Waals surface area contributed by atoms with Crippen LogP contribution < -0.4 is 4.74 Å². The third-order valence-electron chi connectivity index (χ3n) is 1.95. The number of carbonyl (C=O) groups excluding carboxylic acids is 1. The molecule has 3 nitrogen and oxygen atoms in total. The van der Waals surface area contributed by atoms with Crippen LogP contribution in [0.4, 0.5) is 0 Å². The average Bonchev–Trinajstić information content (AvgIpc) is 2.34. The number of ether oxygens (including phenoxy) is 2. The van der Waals surface area contributed by atoms with E-state index in [1.54, 1.807) is 18.2 Å². The van der Waals surface area contributed by atoms with Crippen LogP contribution in [-0.2, 0) is 10.1 Å². The summed E-state index contributed by atoms with van der Waals surface area (Å²) in [7, 11) is 1.35. The average molecular weight is 283 g/mol. The van der Waals surface area contributed by atoms with E-state index in [2.05, 4.69) is 26.6 Å².